The Hall–Kier alpha value is -3.35. The van der Waals surface area contributed by atoms with E-state index in [0.29, 0.717) is 17.1 Å². The Morgan fingerprint density at radius 2 is 1.54 bits per heavy atom. The first-order valence-corrected chi connectivity index (χ1v) is 8.82. The van der Waals surface area contributed by atoms with Gasteiger partial charge in [-0.05, 0) is 68.3 Å². The summed E-state index contributed by atoms with van der Waals surface area (Å²) < 4.78 is 10.5. The second-order valence-electron chi connectivity index (χ2n) is 6.41. The van der Waals surface area contributed by atoms with Gasteiger partial charge in [0, 0.05) is 18.3 Å². The van der Waals surface area contributed by atoms with Gasteiger partial charge in [-0.25, -0.2) is 4.79 Å². The molecule has 2 amide bonds. The van der Waals surface area contributed by atoms with E-state index in [0.717, 1.165) is 11.1 Å². The third kappa shape index (κ3) is 6.42. The third-order valence-electron chi connectivity index (χ3n) is 3.99. The van der Waals surface area contributed by atoms with Crippen LogP contribution in [0.4, 0.5) is 11.4 Å². The monoisotopic (exact) mass is 384 g/mol. The number of anilines is 2. The zero-order chi connectivity index (χ0) is 20.7. The Balaban J connectivity index is 1.81. The molecule has 0 aliphatic rings. The van der Waals surface area contributed by atoms with Crippen LogP contribution in [0.1, 0.15) is 25.0 Å². The van der Waals surface area contributed by atoms with E-state index in [2.05, 4.69) is 10.6 Å². The van der Waals surface area contributed by atoms with Crippen molar-refractivity contribution in [3.8, 4) is 5.75 Å². The highest BCUT2D eigenvalue weighted by Crippen LogP contribution is 2.17. The van der Waals surface area contributed by atoms with Gasteiger partial charge in [-0.1, -0.05) is 6.07 Å². The maximum Gasteiger partial charge on any atom is 0.344 e. The largest absolute Gasteiger partial charge is 0.482 e. The van der Waals surface area contributed by atoms with Crippen LogP contribution in [0.25, 0.3) is 0 Å². The van der Waals surface area contributed by atoms with Crippen LogP contribution in [0.15, 0.2) is 42.5 Å². The summed E-state index contributed by atoms with van der Waals surface area (Å²) in [6, 6.07) is 12.1. The molecule has 148 valence electrons. The summed E-state index contributed by atoms with van der Waals surface area (Å²) in [5, 5.41) is 5.28. The van der Waals surface area contributed by atoms with Crippen LogP contribution >= 0.6 is 0 Å². The molecule has 2 aromatic rings. The van der Waals surface area contributed by atoms with Crippen LogP contribution in [0, 0.1) is 13.8 Å². The van der Waals surface area contributed by atoms with Crippen LogP contribution < -0.4 is 15.4 Å². The fourth-order valence-electron chi connectivity index (χ4n) is 2.31. The lowest BCUT2D eigenvalue weighted by Gasteiger charge is -2.14. The van der Waals surface area contributed by atoms with Crippen molar-refractivity contribution >= 4 is 29.2 Å². The van der Waals surface area contributed by atoms with E-state index in [9.17, 15) is 14.4 Å². The molecular weight excluding hydrogens is 360 g/mol. The molecule has 0 saturated carbocycles. The molecule has 0 bridgehead atoms. The van der Waals surface area contributed by atoms with Crippen LogP contribution in [0.5, 0.6) is 5.75 Å². The third-order valence-corrected chi connectivity index (χ3v) is 3.99. The standard InChI is InChI=1S/C21H24N2O5/c1-13-5-10-19(11-14(13)2)27-12-20(25)28-15(3)21(26)23-18-8-6-17(7-9-18)22-16(4)24/h5-11,15H,12H2,1-4H3,(H,22,24)(H,23,26)/t15-/m0/s1. The highest BCUT2D eigenvalue weighted by Gasteiger charge is 2.18. The van der Waals surface area contributed by atoms with Crippen molar-refractivity contribution in [1.29, 1.82) is 0 Å². The number of nitrogens with one attached hydrogen (secondary N) is 2. The molecule has 28 heavy (non-hydrogen) atoms. The minimum absolute atomic E-state index is 0.180. The summed E-state index contributed by atoms with van der Waals surface area (Å²) in [5.41, 5.74) is 3.33. The number of aryl methyl sites for hydroxylation is 2. The summed E-state index contributed by atoms with van der Waals surface area (Å²) in [6.07, 6.45) is -0.981. The van der Waals surface area contributed by atoms with E-state index in [-0.39, 0.29) is 12.5 Å². The number of carbonyl (C=O) groups excluding carboxylic acids is 3. The first kappa shape index (κ1) is 21.0. The molecule has 2 rings (SSSR count). The van der Waals surface area contributed by atoms with E-state index in [1.165, 1.54) is 13.8 Å². The van der Waals surface area contributed by atoms with Gasteiger partial charge in [0.2, 0.25) is 5.91 Å². The molecule has 0 aliphatic carbocycles. The number of hydrogen-bond donors (Lipinski definition) is 2. The van der Waals surface area contributed by atoms with Crippen molar-refractivity contribution < 1.29 is 23.9 Å². The Morgan fingerprint density at radius 1 is 0.929 bits per heavy atom. The Bertz CT molecular complexity index is 862. The molecule has 0 aliphatic heterocycles. The average molecular weight is 384 g/mol. The van der Waals surface area contributed by atoms with Gasteiger partial charge >= 0.3 is 5.97 Å². The molecular formula is C21H24N2O5. The van der Waals surface area contributed by atoms with Gasteiger partial charge in [0.05, 0.1) is 0 Å². The normalized spacial score (nSPS) is 11.3. The summed E-state index contributed by atoms with van der Waals surface area (Å²) in [6.45, 7) is 6.55. The van der Waals surface area contributed by atoms with E-state index in [4.69, 9.17) is 9.47 Å². The molecule has 0 heterocycles. The first-order chi connectivity index (χ1) is 13.2. The van der Waals surface area contributed by atoms with Crippen molar-refractivity contribution in [3.63, 3.8) is 0 Å². The zero-order valence-electron chi connectivity index (χ0n) is 16.4. The van der Waals surface area contributed by atoms with Crippen molar-refractivity contribution in [3.05, 3.63) is 53.6 Å². The van der Waals surface area contributed by atoms with E-state index in [1.54, 1.807) is 30.3 Å². The second-order valence-corrected chi connectivity index (χ2v) is 6.41. The van der Waals surface area contributed by atoms with Gasteiger partial charge in [0.25, 0.3) is 5.91 Å². The lowest BCUT2D eigenvalue weighted by atomic mass is 10.1. The molecule has 1 atom stereocenters. The number of amides is 2. The average Bonchev–Trinajstić information content (AvgIpc) is 2.63. The van der Waals surface area contributed by atoms with Gasteiger partial charge in [0.1, 0.15) is 5.75 Å². The zero-order valence-corrected chi connectivity index (χ0v) is 16.4. The Morgan fingerprint density at radius 3 is 2.11 bits per heavy atom. The number of benzene rings is 2. The van der Waals surface area contributed by atoms with Crippen molar-refractivity contribution in [2.75, 3.05) is 17.2 Å². The maximum absolute atomic E-state index is 12.2. The summed E-state index contributed by atoms with van der Waals surface area (Å²) >= 11 is 0. The Labute approximate surface area is 164 Å². The fourth-order valence-corrected chi connectivity index (χ4v) is 2.31. The molecule has 2 aromatic carbocycles. The van der Waals surface area contributed by atoms with Crippen molar-refractivity contribution in [1.82, 2.24) is 0 Å². The van der Waals surface area contributed by atoms with E-state index in [1.807, 2.05) is 26.0 Å². The maximum atomic E-state index is 12.2. The minimum atomic E-state index is -0.981. The number of hydrogen-bond acceptors (Lipinski definition) is 5. The molecule has 0 fully saturated rings. The number of carbonyl (C=O) groups is 3. The molecule has 0 radical (unpaired) electrons. The molecule has 2 N–H and O–H groups in total. The lowest BCUT2D eigenvalue weighted by molar-refractivity contribution is -0.155. The summed E-state index contributed by atoms with van der Waals surface area (Å²) in [4.78, 5) is 35.1. The van der Waals surface area contributed by atoms with Gasteiger partial charge in [-0.3, -0.25) is 9.59 Å². The van der Waals surface area contributed by atoms with Gasteiger partial charge in [-0.2, -0.15) is 0 Å². The van der Waals surface area contributed by atoms with Gasteiger partial charge in [-0.15, -0.1) is 0 Å². The Kier molecular flexibility index (Phi) is 7.14. The van der Waals surface area contributed by atoms with E-state index >= 15 is 0 Å². The van der Waals surface area contributed by atoms with Crippen LogP contribution in [0.2, 0.25) is 0 Å². The van der Waals surface area contributed by atoms with Crippen LogP contribution in [-0.4, -0.2) is 30.5 Å². The van der Waals surface area contributed by atoms with Crippen molar-refractivity contribution in [2.45, 2.75) is 33.8 Å². The van der Waals surface area contributed by atoms with Crippen molar-refractivity contribution in [2.24, 2.45) is 0 Å². The van der Waals surface area contributed by atoms with Crippen LogP contribution in [-0.2, 0) is 19.1 Å². The smallest absolute Gasteiger partial charge is 0.344 e. The molecule has 0 spiro atoms. The minimum Gasteiger partial charge on any atom is -0.482 e. The predicted octanol–water partition coefficient (Wildman–Crippen LogP) is 3.21. The summed E-state index contributed by atoms with van der Waals surface area (Å²) in [5.74, 6) is -0.717. The van der Waals surface area contributed by atoms with Gasteiger partial charge < -0.3 is 20.1 Å². The number of ether oxygens (including phenoxy) is 2. The van der Waals surface area contributed by atoms with Crippen LogP contribution in [0.3, 0.4) is 0 Å². The quantitative estimate of drug-likeness (QED) is 0.715. The lowest BCUT2D eigenvalue weighted by Crippen LogP contribution is -2.31. The molecule has 7 heteroatoms. The second kappa shape index (κ2) is 9.55. The molecule has 0 saturated heterocycles. The number of esters is 1. The topological polar surface area (TPSA) is 93.7 Å². The van der Waals surface area contributed by atoms with Gasteiger partial charge in [0.15, 0.2) is 12.7 Å². The fraction of sp³-hybridized carbons (Fsp3) is 0.286. The summed E-state index contributed by atoms with van der Waals surface area (Å²) in [7, 11) is 0. The molecule has 7 nitrogen and oxygen atoms in total. The highest BCUT2D eigenvalue weighted by molar-refractivity contribution is 5.95. The first-order valence-electron chi connectivity index (χ1n) is 8.82. The predicted molar refractivity (Wildman–Crippen MR) is 106 cm³/mol. The molecule has 0 unspecified atom stereocenters. The highest BCUT2D eigenvalue weighted by atomic mass is 16.6. The molecule has 0 aromatic heterocycles. The SMILES string of the molecule is CC(=O)Nc1ccc(NC(=O)[C@H](C)OC(=O)COc2ccc(C)c(C)c2)cc1. The number of rotatable bonds is 7. The van der Waals surface area contributed by atoms with E-state index < -0.39 is 18.0 Å².